The van der Waals surface area contributed by atoms with Crippen molar-refractivity contribution in [2.75, 3.05) is 18.4 Å². The van der Waals surface area contributed by atoms with Crippen LogP contribution in [0.2, 0.25) is 0 Å². The lowest BCUT2D eigenvalue weighted by molar-refractivity contribution is -0.117. The Kier molecular flexibility index (Phi) is 4.21. The maximum atomic E-state index is 14.6. The molecule has 2 aromatic rings. The summed E-state index contributed by atoms with van der Waals surface area (Å²) in [6, 6.07) is 5.15. The number of halogens is 3. The van der Waals surface area contributed by atoms with Crippen LogP contribution in [-0.2, 0) is 10.2 Å². The molecule has 1 spiro atoms. The van der Waals surface area contributed by atoms with Crippen molar-refractivity contribution >= 4 is 33.7 Å². The highest BCUT2D eigenvalue weighted by molar-refractivity contribution is 9.10. The van der Waals surface area contributed by atoms with Gasteiger partial charge in [0, 0.05) is 22.5 Å². The summed E-state index contributed by atoms with van der Waals surface area (Å²) in [5.74, 6) is -1.79. The third-order valence-electron chi connectivity index (χ3n) is 5.29. The number of amides is 2. The van der Waals surface area contributed by atoms with E-state index >= 15 is 0 Å². The SMILES string of the molecule is C[C@@H]1[C@H](F)[C@]12CN(CC(=O)Nc1ncc(F)cn1)C(=O)c1ccc(Br)cc12. The van der Waals surface area contributed by atoms with Crippen LogP contribution in [-0.4, -0.2) is 45.9 Å². The van der Waals surface area contributed by atoms with Gasteiger partial charge in [-0.15, -0.1) is 0 Å². The molecule has 1 aliphatic carbocycles. The van der Waals surface area contributed by atoms with Crippen molar-refractivity contribution in [3.05, 3.63) is 52.0 Å². The maximum absolute atomic E-state index is 14.6. The lowest BCUT2D eigenvalue weighted by Gasteiger charge is -2.34. The van der Waals surface area contributed by atoms with Crippen molar-refractivity contribution in [2.45, 2.75) is 18.5 Å². The highest BCUT2D eigenvalue weighted by Gasteiger charge is 2.67. The number of rotatable bonds is 3. The van der Waals surface area contributed by atoms with Crippen LogP contribution in [0.4, 0.5) is 14.7 Å². The van der Waals surface area contributed by atoms with E-state index < -0.39 is 23.3 Å². The Hall–Kier alpha value is -2.42. The van der Waals surface area contributed by atoms with E-state index in [0.717, 1.165) is 16.9 Å². The van der Waals surface area contributed by atoms with Gasteiger partial charge in [0.15, 0.2) is 5.82 Å². The molecule has 1 fully saturated rings. The molecule has 0 bridgehead atoms. The minimum atomic E-state index is -1.08. The van der Waals surface area contributed by atoms with Gasteiger partial charge < -0.3 is 4.90 Å². The summed E-state index contributed by atoms with van der Waals surface area (Å²) < 4.78 is 28.2. The van der Waals surface area contributed by atoms with Gasteiger partial charge in [-0.25, -0.2) is 18.7 Å². The highest BCUT2D eigenvalue weighted by Crippen LogP contribution is 2.59. The zero-order valence-electron chi connectivity index (χ0n) is 14.2. The quantitative estimate of drug-likeness (QED) is 0.802. The molecule has 2 aliphatic rings. The summed E-state index contributed by atoms with van der Waals surface area (Å²) in [6.07, 6.45) is 0.777. The van der Waals surface area contributed by atoms with Gasteiger partial charge in [-0.3, -0.25) is 14.9 Å². The third-order valence-corrected chi connectivity index (χ3v) is 5.79. The first-order chi connectivity index (χ1) is 12.8. The third kappa shape index (κ3) is 2.90. The van der Waals surface area contributed by atoms with Crippen LogP contribution in [0.5, 0.6) is 0 Å². The Morgan fingerprint density at radius 3 is 2.70 bits per heavy atom. The largest absolute Gasteiger partial charge is 0.328 e. The van der Waals surface area contributed by atoms with E-state index in [4.69, 9.17) is 0 Å². The fourth-order valence-corrected chi connectivity index (χ4v) is 4.13. The average molecular weight is 437 g/mol. The first kappa shape index (κ1) is 18.0. The molecule has 2 heterocycles. The molecular formula is C18H15BrF2N4O2. The number of aromatic nitrogens is 2. The van der Waals surface area contributed by atoms with Crippen LogP contribution < -0.4 is 5.32 Å². The normalized spacial score (nSPS) is 26.1. The van der Waals surface area contributed by atoms with Crippen molar-refractivity contribution in [1.82, 2.24) is 14.9 Å². The van der Waals surface area contributed by atoms with Crippen molar-refractivity contribution in [1.29, 1.82) is 0 Å². The van der Waals surface area contributed by atoms with Gasteiger partial charge in [-0.2, -0.15) is 0 Å². The van der Waals surface area contributed by atoms with Crippen LogP contribution in [0, 0.1) is 11.7 Å². The van der Waals surface area contributed by atoms with Crippen molar-refractivity contribution in [2.24, 2.45) is 5.92 Å². The lowest BCUT2D eigenvalue weighted by Crippen LogP contribution is -2.48. The summed E-state index contributed by atoms with van der Waals surface area (Å²) in [7, 11) is 0. The molecule has 9 heteroatoms. The number of carbonyl (C=O) groups is 2. The minimum absolute atomic E-state index is 0.0620. The van der Waals surface area contributed by atoms with Crippen molar-refractivity contribution in [3.63, 3.8) is 0 Å². The first-order valence-corrected chi connectivity index (χ1v) is 9.13. The number of anilines is 1. The molecule has 1 saturated carbocycles. The lowest BCUT2D eigenvalue weighted by atomic mass is 9.84. The molecule has 0 saturated heterocycles. The molecule has 1 aliphatic heterocycles. The number of hydrogen-bond acceptors (Lipinski definition) is 4. The molecular weight excluding hydrogens is 422 g/mol. The van der Waals surface area contributed by atoms with E-state index in [1.54, 1.807) is 25.1 Å². The predicted octanol–water partition coefficient (Wildman–Crippen LogP) is 2.70. The van der Waals surface area contributed by atoms with E-state index in [9.17, 15) is 18.4 Å². The number of alkyl halides is 1. The summed E-state index contributed by atoms with van der Waals surface area (Å²) in [5.41, 5.74) is 0.294. The number of nitrogens with zero attached hydrogens (tertiary/aromatic N) is 3. The fourth-order valence-electron chi connectivity index (χ4n) is 3.77. The molecule has 6 nitrogen and oxygen atoms in total. The first-order valence-electron chi connectivity index (χ1n) is 8.33. The zero-order chi connectivity index (χ0) is 19.3. The molecule has 140 valence electrons. The smallest absolute Gasteiger partial charge is 0.254 e. The number of carbonyl (C=O) groups excluding carboxylic acids is 2. The van der Waals surface area contributed by atoms with Gasteiger partial charge in [0.25, 0.3) is 5.91 Å². The number of nitrogens with one attached hydrogen (secondary N) is 1. The average Bonchev–Trinajstić information content (AvgIpc) is 3.15. The van der Waals surface area contributed by atoms with Gasteiger partial charge in [-0.1, -0.05) is 22.9 Å². The summed E-state index contributed by atoms with van der Waals surface area (Å²) >= 11 is 3.38. The second-order valence-corrected chi connectivity index (χ2v) is 7.77. The van der Waals surface area contributed by atoms with E-state index in [2.05, 4.69) is 31.2 Å². The van der Waals surface area contributed by atoms with Gasteiger partial charge in [-0.05, 0) is 23.8 Å². The van der Waals surface area contributed by atoms with Crippen LogP contribution in [0.25, 0.3) is 0 Å². The maximum Gasteiger partial charge on any atom is 0.254 e. The Labute approximate surface area is 162 Å². The second-order valence-electron chi connectivity index (χ2n) is 6.85. The molecule has 2 amide bonds. The van der Waals surface area contributed by atoms with Gasteiger partial charge in [0.1, 0.15) is 12.7 Å². The summed E-state index contributed by atoms with van der Waals surface area (Å²) in [5, 5.41) is 2.42. The van der Waals surface area contributed by atoms with Crippen LogP contribution in [0.15, 0.2) is 35.1 Å². The molecule has 1 N–H and O–H groups in total. The Balaban J connectivity index is 1.57. The Bertz CT molecular complexity index is 929. The van der Waals surface area contributed by atoms with Crippen LogP contribution in [0.1, 0.15) is 22.8 Å². The highest BCUT2D eigenvalue weighted by atomic mass is 79.9. The summed E-state index contributed by atoms with van der Waals surface area (Å²) in [6.45, 7) is 1.65. The van der Waals surface area contributed by atoms with Gasteiger partial charge >= 0.3 is 0 Å². The Morgan fingerprint density at radius 2 is 2.07 bits per heavy atom. The number of benzene rings is 1. The van der Waals surface area contributed by atoms with E-state index in [0.29, 0.717) is 11.1 Å². The molecule has 3 atom stereocenters. The summed E-state index contributed by atoms with van der Waals surface area (Å²) in [4.78, 5) is 33.8. The van der Waals surface area contributed by atoms with E-state index in [1.165, 1.54) is 4.90 Å². The molecule has 0 radical (unpaired) electrons. The molecule has 1 aromatic heterocycles. The second kappa shape index (κ2) is 6.33. The van der Waals surface area contributed by atoms with Crippen molar-refractivity contribution < 1.29 is 18.4 Å². The number of hydrogen-bond donors (Lipinski definition) is 1. The predicted molar refractivity (Wildman–Crippen MR) is 96.4 cm³/mol. The molecule has 4 rings (SSSR count). The van der Waals surface area contributed by atoms with E-state index in [1.807, 2.05) is 0 Å². The monoisotopic (exact) mass is 436 g/mol. The number of fused-ring (bicyclic) bond motifs is 2. The minimum Gasteiger partial charge on any atom is -0.328 e. The van der Waals surface area contributed by atoms with Crippen molar-refractivity contribution in [3.8, 4) is 0 Å². The molecule has 0 unspecified atom stereocenters. The van der Waals surface area contributed by atoms with Gasteiger partial charge in [0.2, 0.25) is 11.9 Å². The van der Waals surface area contributed by atoms with Crippen LogP contribution >= 0.6 is 15.9 Å². The molecule has 27 heavy (non-hydrogen) atoms. The Morgan fingerprint density at radius 1 is 1.41 bits per heavy atom. The molecule has 1 aromatic carbocycles. The zero-order valence-corrected chi connectivity index (χ0v) is 15.8. The topological polar surface area (TPSA) is 75.2 Å². The van der Waals surface area contributed by atoms with Crippen LogP contribution in [0.3, 0.4) is 0 Å². The van der Waals surface area contributed by atoms with Gasteiger partial charge in [0.05, 0.1) is 17.8 Å². The standard InChI is InChI=1S/C18H15BrF2N4O2/c1-9-15(21)18(9)8-25(16(27)12-3-2-10(19)4-13(12)18)7-14(26)24-17-22-5-11(20)6-23-17/h2-6,9,15H,7-8H2,1H3,(H,22,23,24,26)/t9-,15+,18-/m1/s1. The van der Waals surface area contributed by atoms with E-state index in [-0.39, 0.29) is 30.9 Å². The fraction of sp³-hybridized carbons (Fsp3) is 0.333.